The maximum absolute atomic E-state index is 12.1. The summed E-state index contributed by atoms with van der Waals surface area (Å²) in [6.07, 6.45) is 1.75. The Morgan fingerprint density at radius 3 is 2.70 bits per heavy atom. The first-order valence-electron chi connectivity index (χ1n) is 6.75. The number of unbranched alkanes of at least 4 members (excludes halogenated alkanes) is 1. The van der Waals surface area contributed by atoms with Crippen LogP contribution in [-0.4, -0.2) is 44.6 Å². The zero-order chi connectivity index (χ0) is 15.2. The molecule has 0 aliphatic heterocycles. The summed E-state index contributed by atoms with van der Waals surface area (Å²) in [5, 5.41) is 10.8. The van der Waals surface area contributed by atoms with E-state index in [9.17, 15) is 8.42 Å². The lowest BCUT2D eigenvalue weighted by atomic mass is 10.2. The van der Waals surface area contributed by atoms with Crippen molar-refractivity contribution in [3.05, 3.63) is 16.3 Å². The Bertz CT molecular complexity index is 497. The molecule has 1 aromatic rings. The van der Waals surface area contributed by atoms with E-state index in [2.05, 4.69) is 30.5 Å². The summed E-state index contributed by atoms with van der Waals surface area (Å²) in [5.74, 6) is 0. The van der Waals surface area contributed by atoms with Crippen LogP contribution in [-0.2, 0) is 16.6 Å². The first-order valence-corrected chi connectivity index (χ1v) is 9.12. The van der Waals surface area contributed by atoms with Gasteiger partial charge in [-0.15, -0.1) is 11.3 Å². The van der Waals surface area contributed by atoms with Gasteiger partial charge in [0, 0.05) is 17.5 Å². The Balaban J connectivity index is 2.38. The first kappa shape index (κ1) is 17.6. The molecule has 0 radical (unpaired) electrons. The monoisotopic (exact) mass is 320 g/mol. The Morgan fingerprint density at radius 2 is 2.10 bits per heavy atom. The van der Waals surface area contributed by atoms with Gasteiger partial charge < -0.3 is 10.0 Å². The third-order valence-electron chi connectivity index (χ3n) is 3.25. The Morgan fingerprint density at radius 1 is 1.40 bits per heavy atom. The van der Waals surface area contributed by atoms with Gasteiger partial charge in [-0.25, -0.2) is 13.1 Å². The molecule has 0 atom stereocenters. The van der Waals surface area contributed by atoms with Crippen LogP contribution in [0.25, 0.3) is 0 Å². The molecular formula is C13H24N2O3S2. The summed E-state index contributed by atoms with van der Waals surface area (Å²) in [6.45, 7) is 5.41. The summed E-state index contributed by atoms with van der Waals surface area (Å²) in [6, 6.07) is 2.04. The van der Waals surface area contributed by atoms with Gasteiger partial charge in [-0.3, -0.25) is 0 Å². The van der Waals surface area contributed by atoms with Gasteiger partial charge >= 0.3 is 0 Å². The quantitative estimate of drug-likeness (QED) is 0.679. The fourth-order valence-corrected chi connectivity index (χ4v) is 4.08. The molecule has 0 aliphatic carbocycles. The van der Waals surface area contributed by atoms with Crippen LogP contribution in [0.15, 0.2) is 16.3 Å². The van der Waals surface area contributed by atoms with E-state index in [1.165, 1.54) is 17.4 Å². The summed E-state index contributed by atoms with van der Waals surface area (Å²) in [7, 11) is -1.43. The smallest absolute Gasteiger partial charge is 0.241 e. The molecule has 116 valence electrons. The molecule has 0 spiro atoms. The summed E-state index contributed by atoms with van der Waals surface area (Å²) in [5.41, 5.74) is 0. The molecule has 0 amide bonds. The highest BCUT2D eigenvalue weighted by Gasteiger charge is 2.18. The molecule has 1 aromatic heterocycles. The molecule has 5 nitrogen and oxygen atoms in total. The molecule has 0 unspecified atom stereocenters. The average Bonchev–Trinajstić information content (AvgIpc) is 2.86. The van der Waals surface area contributed by atoms with Crippen LogP contribution in [0.1, 0.15) is 31.6 Å². The maximum Gasteiger partial charge on any atom is 0.241 e. The van der Waals surface area contributed by atoms with E-state index < -0.39 is 10.0 Å². The van der Waals surface area contributed by atoms with Gasteiger partial charge in [-0.05, 0) is 51.7 Å². The standard InChI is InChI=1S/C13H24N2O3S2/c1-11(2)15(3)8-5-4-7-14-20(17,18)13-6-9-19-12(13)10-16/h6,9,11,14,16H,4-5,7-8,10H2,1-3H3. The summed E-state index contributed by atoms with van der Waals surface area (Å²) < 4.78 is 26.7. The molecule has 0 fully saturated rings. The normalized spacial score (nSPS) is 12.5. The van der Waals surface area contributed by atoms with Gasteiger partial charge in [0.2, 0.25) is 10.0 Å². The van der Waals surface area contributed by atoms with Crippen molar-refractivity contribution < 1.29 is 13.5 Å². The lowest BCUT2D eigenvalue weighted by Crippen LogP contribution is -2.29. The van der Waals surface area contributed by atoms with E-state index in [0.717, 1.165) is 19.4 Å². The molecule has 1 rings (SSSR count). The lowest BCUT2D eigenvalue weighted by molar-refractivity contribution is 0.268. The predicted octanol–water partition coefficient (Wildman–Crippen LogP) is 1.64. The van der Waals surface area contributed by atoms with Gasteiger partial charge in [-0.2, -0.15) is 0 Å². The number of nitrogens with one attached hydrogen (secondary N) is 1. The minimum Gasteiger partial charge on any atom is -0.391 e. The molecular weight excluding hydrogens is 296 g/mol. The third-order valence-corrected chi connectivity index (χ3v) is 5.83. The van der Waals surface area contributed by atoms with Gasteiger partial charge in [0.05, 0.1) is 11.5 Å². The van der Waals surface area contributed by atoms with E-state index in [1.807, 2.05) is 0 Å². The third kappa shape index (κ3) is 5.14. The van der Waals surface area contributed by atoms with Crippen molar-refractivity contribution in [3.63, 3.8) is 0 Å². The van der Waals surface area contributed by atoms with E-state index in [1.54, 1.807) is 5.38 Å². The van der Waals surface area contributed by atoms with Gasteiger partial charge in [0.15, 0.2) is 0 Å². The molecule has 1 heterocycles. The maximum atomic E-state index is 12.1. The first-order chi connectivity index (χ1) is 9.38. The Kier molecular flexibility index (Phi) is 7.11. The second-order valence-electron chi connectivity index (χ2n) is 5.05. The minimum absolute atomic E-state index is 0.198. The van der Waals surface area contributed by atoms with E-state index in [-0.39, 0.29) is 11.5 Å². The van der Waals surface area contributed by atoms with Crippen LogP contribution >= 0.6 is 11.3 Å². The van der Waals surface area contributed by atoms with Gasteiger partial charge in [0.1, 0.15) is 0 Å². The molecule has 7 heteroatoms. The van der Waals surface area contributed by atoms with E-state index >= 15 is 0 Å². The van der Waals surface area contributed by atoms with Crippen molar-refractivity contribution in [1.29, 1.82) is 0 Å². The number of sulfonamides is 1. The minimum atomic E-state index is -3.49. The van der Waals surface area contributed by atoms with Crippen molar-refractivity contribution in [1.82, 2.24) is 9.62 Å². The van der Waals surface area contributed by atoms with Crippen LogP contribution in [0.4, 0.5) is 0 Å². The van der Waals surface area contributed by atoms with Crippen molar-refractivity contribution in [2.45, 2.75) is 44.2 Å². The number of rotatable bonds is 9. The number of aliphatic hydroxyl groups excluding tert-OH is 1. The van der Waals surface area contributed by atoms with Crippen molar-refractivity contribution >= 4 is 21.4 Å². The second-order valence-corrected chi connectivity index (χ2v) is 7.78. The average molecular weight is 320 g/mol. The lowest BCUT2D eigenvalue weighted by Gasteiger charge is -2.20. The number of aliphatic hydroxyl groups is 1. The zero-order valence-corrected chi connectivity index (χ0v) is 13.9. The fourth-order valence-electron chi connectivity index (χ4n) is 1.71. The highest BCUT2D eigenvalue weighted by atomic mass is 32.2. The largest absolute Gasteiger partial charge is 0.391 e. The van der Waals surface area contributed by atoms with Crippen LogP contribution in [0, 0.1) is 0 Å². The summed E-state index contributed by atoms with van der Waals surface area (Å²) >= 11 is 1.25. The second kappa shape index (κ2) is 8.09. The molecule has 0 saturated heterocycles. The van der Waals surface area contributed by atoms with Crippen LogP contribution in [0.5, 0.6) is 0 Å². The predicted molar refractivity (Wildman–Crippen MR) is 82.4 cm³/mol. The highest BCUT2D eigenvalue weighted by molar-refractivity contribution is 7.89. The number of nitrogens with zero attached hydrogens (tertiary/aromatic N) is 1. The molecule has 2 N–H and O–H groups in total. The van der Waals surface area contributed by atoms with E-state index in [0.29, 0.717) is 17.5 Å². The number of hydrogen-bond acceptors (Lipinski definition) is 5. The van der Waals surface area contributed by atoms with Crippen molar-refractivity contribution in [3.8, 4) is 0 Å². The van der Waals surface area contributed by atoms with Crippen molar-refractivity contribution in [2.75, 3.05) is 20.1 Å². The number of thiophene rings is 1. The number of hydrogen-bond donors (Lipinski definition) is 2. The highest BCUT2D eigenvalue weighted by Crippen LogP contribution is 2.21. The molecule has 0 aliphatic rings. The van der Waals surface area contributed by atoms with Crippen LogP contribution in [0.3, 0.4) is 0 Å². The topological polar surface area (TPSA) is 69.6 Å². The molecule has 0 bridgehead atoms. The Labute approximate surface area is 125 Å². The van der Waals surface area contributed by atoms with Gasteiger partial charge in [0.25, 0.3) is 0 Å². The summed E-state index contributed by atoms with van der Waals surface area (Å²) in [4.78, 5) is 2.92. The molecule has 20 heavy (non-hydrogen) atoms. The zero-order valence-electron chi connectivity index (χ0n) is 12.3. The Hall–Kier alpha value is -0.470. The molecule has 0 aromatic carbocycles. The van der Waals surface area contributed by atoms with Gasteiger partial charge in [-0.1, -0.05) is 0 Å². The fraction of sp³-hybridized carbons (Fsp3) is 0.692. The molecule has 0 saturated carbocycles. The van der Waals surface area contributed by atoms with Crippen molar-refractivity contribution in [2.24, 2.45) is 0 Å². The van der Waals surface area contributed by atoms with E-state index in [4.69, 9.17) is 5.11 Å². The SMILES string of the molecule is CC(C)N(C)CCCCNS(=O)(=O)c1ccsc1CO. The van der Waals surface area contributed by atoms with Crippen LogP contribution in [0.2, 0.25) is 0 Å². The van der Waals surface area contributed by atoms with Crippen LogP contribution < -0.4 is 4.72 Å².